The summed E-state index contributed by atoms with van der Waals surface area (Å²) in [7, 11) is -3.92. The molecule has 0 saturated heterocycles. The van der Waals surface area contributed by atoms with Crippen LogP contribution in [-0.2, 0) is 22.7 Å². The number of alkyl halides is 3. The van der Waals surface area contributed by atoms with Gasteiger partial charge in [0.05, 0.1) is 10.5 Å². The van der Waals surface area contributed by atoms with Crippen molar-refractivity contribution < 1.29 is 26.0 Å². The summed E-state index contributed by atoms with van der Waals surface area (Å²) in [6.45, 7) is -0.576. The molecule has 3 nitrogen and oxygen atoms in total. The molecule has 2 rings (SSSR count). The van der Waals surface area contributed by atoms with Gasteiger partial charge in [-0.25, -0.2) is 17.5 Å². The predicted octanol–water partition coefficient (Wildman–Crippen LogP) is 3.32. The van der Waals surface area contributed by atoms with Gasteiger partial charge in [-0.1, -0.05) is 30.3 Å². The fourth-order valence-corrected chi connectivity index (χ4v) is 2.82. The maximum absolute atomic E-state index is 13.8. The lowest BCUT2D eigenvalue weighted by atomic mass is 10.1. The van der Waals surface area contributed by atoms with Crippen LogP contribution in [-0.4, -0.2) is 8.42 Å². The minimum Gasteiger partial charge on any atom is -0.207 e. The predicted molar refractivity (Wildman–Crippen MR) is 71.9 cm³/mol. The highest BCUT2D eigenvalue weighted by Gasteiger charge is 2.34. The highest BCUT2D eigenvalue weighted by Crippen LogP contribution is 2.32. The molecule has 0 fully saturated rings. The minimum atomic E-state index is -4.83. The van der Waals surface area contributed by atoms with Crippen LogP contribution >= 0.6 is 0 Å². The average molecular weight is 333 g/mol. The Labute approximate surface area is 124 Å². The van der Waals surface area contributed by atoms with Crippen molar-refractivity contribution in [2.75, 3.05) is 0 Å². The van der Waals surface area contributed by atoms with Crippen molar-refractivity contribution in [2.24, 2.45) is 0 Å². The summed E-state index contributed by atoms with van der Waals surface area (Å²) >= 11 is 0. The molecule has 22 heavy (non-hydrogen) atoms. The molecule has 2 aromatic carbocycles. The van der Waals surface area contributed by atoms with Crippen LogP contribution in [0.4, 0.5) is 17.6 Å². The number of hydrogen-bond donors (Lipinski definition) is 1. The third kappa shape index (κ3) is 3.63. The van der Waals surface area contributed by atoms with E-state index >= 15 is 0 Å². The maximum Gasteiger partial charge on any atom is 0.419 e. The van der Waals surface area contributed by atoms with Crippen LogP contribution in [0, 0.1) is 5.82 Å². The van der Waals surface area contributed by atoms with E-state index < -0.39 is 34.1 Å². The average Bonchev–Trinajstić information content (AvgIpc) is 2.46. The van der Waals surface area contributed by atoms with Crippen LogP contribution in [0.3, 0.4) is 0 Å². The van der Waals surface area contributed by atoms with Crippen LogP contribution in [0.2, 0.25) is 0 Å². The Balaban J connectivity index is 2.23. The molecule has 0 bridgehead atoms. The first kappa shape index (κ1) is 16.4. The van der Waals surface area contributed by atoms with Crippen LogP contribution < -0.4 is 4.72 Å². The third-order valence-corrected chi connectivity index (χ3v) is 4.31. The van der Waals surface area contributed by atoms with Crippen molar-refractivity contribution in [1.29, 1.82) is 0 Å². The fourth-order valence-electron chi connectivity index (χ4n) is 1.79. The molecular weight excluding hydrogens is 322 g/mol. The first-order valence-corrected chi connectivity index (χ1v) is 7.59. The summed E-state index contributed by atoms with van der Waals surface area (Å²) < 4.78 is 77.5. The molecule has 0 unspecified atom stereocenters. The van der Waals surface area contributed by atoms with Gasteiger partial charge in [0.25, 0.3) is 0 Å². The van der Waals surface area contributed by atoms with Gasteiger partial charge in [-0.05, 0) is 18.2 Å². The molecule has 0 aliphatic heterocycles. The topological polar surface area (TPSA) is 46.2 Å². The number of sulfonamides is 1. The van der Waals surface area contributed by atoms with Crippen molar-refractivity contribution in [3.8, 4) is 0 Å². The molecule has 118 valence electrons. The molecule has 2 aromatic rings. The van der Waals surface area contributed by atoms with Crippen LogP contribution in [0.15, 0.2) is 53.4 Å². The summed E-state index contributed by atoms with van der Waals surface area (Å²) in [6.07, 6.45) is -4.83. The van der Waals surface area contributed by atoms with Gasteiger partial charge in [-0.2, -0.15) is 13.2 Å². The van der Waals surface area contributed by atoms with E-state index in [4.69, 9.17) is 0 Å². The highest BCUT2D eigenvalue weighted by atomic mass is 32.2. The number of halogens is 4. The van der Waals surface area contributed by atoms with Gasteiger partial charge < -0.3 is 0 Å². The Hall–Kier alpha value is -1.93. The lowest BCUT2D eigenvalue weighted by Crippen LogP contribution is -2.24. The number of rotatable bonds is 4. The Morgan fingerprint density at radius 3 is 2.18 bits per heavy atom. The Bertz CT molecular complexity index is 758. The molecule has 0 atom stereocenters. The first-order chi connectivity index (χ1) is 10.2. The van der Waals surface area contributed by atoms with Gasteiger partial charge in [0, 0.05) is 12.1 Å². The number of hydrogen-bond acceptors (Lipinski definition) is 2. The molecule has 0 aliphatic rings. The molecule has 0 saturated carbocycles. The van der Waals surface area contributed by atoms with Crippen LogP contribution in [0.25, 0.3) is 0 Å². The second-order valence-electron chi connectivity index (χ2n) is 4.41. The smallest absolute Gasteiger partial charge is 0.207 e. The lowest BCUT2D eigenvalue weighted by molar-refractivity contribution is -0.140. The second-order valence-corrected chi connectivity index (χ2v) is 6.18. The molecule has 0 radical (unpaired) electrons. The van der Waals surface area contributed by atoms with Gasteiger partial charge >= 0.3 is 6.18 Å². The zero-order valence-corrected chi connectivity index (χ0v) is 11.9. The highest BCUT2D eigenvalue weighted by molar-refractivity contribution is 7.89. The van der Waals surface area contributed by atoms with E-state index in [2.05, 4.69) is 4.72 Å². The van der Waals surface area contributed by atoms with E-state index in [1.165, 1.54) is 24.3 Å². The van der Waals surface area contributed by atoms with Gasteiger partial charge in [0.2, 0.25) is 10.0 Å². The Kier molecular flexibility index (Phi) is 4.52. The van der Waals surface area contributed by atoms with Crippen molar-refractivity contribution in [3.05, 3.63) is 65.5 Å². The Morgan fingerprint density at radius 2 is 1.59 bits per heavy atom. The minimum absolute atomic E-state index is 0.0533. The first-order valence-electron chi connectivity index (χ1n) is 6.11. The lowest BCUT2D eigenvalue weighted by Gasteiger charge is -2.12. The van der Waals surface area contributed by atoms with Gasteiger partial charge in [0.1, 0.15) is 5.82 Å². The van der Waals surface area contributed by atoms with E-state index in [0.29, 0.717) is 6.07 Å². The zero-order chi connectivity index (χ0) is 16.4. The molecule has 0 heterocycles. The molecule has 1 N–H and O–H groups in total. The molecule has 0 aliphatic carbocycles. The quantitative estimate of drug-likeness (QED) is 0.873. The summed E-state index contributed by atoms with van der Waals surface area (Å²) in [6, 6.07) is 9.99. The van der Waals surface area contributed by atoms with Crippen LogP contribution in [0.1, 0.15) is 11.1 Å². The van der Waals surface area contributed by atoms with E-state index in [0.717, 1.165) is 12.1 Å². The summed E-state index contributed by atoms with van der Waals surface area (Å²) in [5, 5.41) is 0. The third-order valence-electron chi connectivity index (χ3n) is 2.89. The summed E-state index contributed by atoms with van der Waals surface area (Å²) in [5.74, 6) is -1.48. The monoisotopic (exact) mass is 333 g/mol. The van der Waals surface area contributed by atoms with Gasteiger partial charge in [-0.15, -0.1) is 0 Å². The van der Waals surface area contributed by atoms with E-state index in [1.807, 2.05) is 0 Å². The standard InChI is InChI=1S/C14H11F4NO2S/c15-13-10(5-4-8-12(13)14(16,17)18)9-19-22(20,21)11-6-2-1-3-7-11/h1-8,19H,9H2. The van der Waals surface area contributed by atoms with Gasteiger partial charge in [-0.3, -0.25) is 0 Å². The molecule has 0 amide bonds. The SMILES string of the molecule is O=S(=O)(NCc1cccc(C(F)(F)F)c1F)c1ccccc1. The van der Waals surface area contributed by atoms with Crippen molar-refractivity contribution in [3.63, 3.8) is 0 Å². The Morgan fingerprint density at radius 1 is 0.955 bits per heavy atom. The largest absolute Gasteiger partial charge is 0.419 e. The van der Waals surface area contributed by atoms with Crippen molar-refractivity contribution in [1.82, 2.24) is 4.72 Å². The van der Waals surface area contributed by atoms with Crippen molar-refractivity contribution >= 4 is 10.0 Å². The normalized spacial score (nSPS) is 12.4. The maximum atomic E-state index is 13.8. The summed E-state index contributed by atoms with van der Waals surface area (Å²) in [4.78, 5) is -0.0533. The van der Waals surface area contributed by atoms with E-state index in [1.54, 1.807) is 6.07 Å². The van der Waals surface area contributed by atoms with E-state index in [-0.39, 0.29) is 10.5 Å². The van der Waals surface area contributed by atoms with Crippen molar-refractivity contribution in [2.45, 2.75) is 17.6 Å². The molecule has 8 heteroatoms. The summed E-state index contributed by atoms with van der Waals surface area (Å²) in [5.41, 5.74) is -1.81. The van der Waals surface area contributed by atoms with Gasteiger partial charge in [0.15, 0.2) is 0 Å². The fraction of sp³-hybridized carbons (Fsp3) is 0.143. The molecule has 0 aromatic heterocycles. The number of nitrogens with one attached hydrogen (secondary N) is 1. The van der Waals surface area contributed by atoms with Crippen LogP contribution in [0.5, 0.6) is 0 Å². The molecule has 0 spiro atoms. The second kappa shape index (κ2) is 6.05. The molecular formula is C14H11F4NO2S. The zero-order valence-electron chi connectivity index (χ0n) is 11.1. The van der Waals surface area contributed by atoms with E-state index in [9.17, 15) is 26.0 Å². The number of benzene rings is 2.